The summed E-state index contributed by atoms with van der Waals surface area (Å²) in [5.74, 6) is -1.24. The minimum absolute atomic E-state index is 0.0121. The van der Waals surface area contributed by atoms with E-state index >= 15 is 0 Å². The minimum atomic E-state index is -0.697. The summed E-state index contributed by atoms with van der Waals surface area (Å²) in [5.41, 5.74) is 1.01. The Kier molecular flexibility index (Phi) is 3.88. The molecule has 0 bridgehead atoms. The van der Waals surface area contributed by atoms with E-state index < -0.39 is 11.9 Å². The van der Waals surface area contributed by atoms with E-state index in [2.05, 4.69) is 0 Å². The second-order valence-electron chi connectivity index (χ2n) is 4.55. The van der Waals surface area contributed by atoms with Gasteiger partial charge in [0.2, 0.25) is 12.1 Å². The lowest BCUT2D eigenvalue weighted by atomic mass is 10.1. The van der Waals surface area contributed by atoms with Gasteiger partial charge in [0.05, 0.1) is 10.6 Å². The average Bonchev–Trinajstić information content (AvgIpc) is 2.77. The fraction of sp³-hybridized carbons (Fsp3) is 0. The molecule has 0 radical (unpaired) electrons. The summed E-state index contributed by atoms with van der Waals surface area (Å²) in [7, 11) is 0. The first-order valence-electron chi connectivity index (χ1n) is 6.34. The van der Waals surface area contributed by atoms with E-state index in [-0.39, 0.29) is 5.57 Å². The molecule has 0 aliphatic carbocycles. The summed E-state index contributed by atoms with van der Waals surface area (Å²) in [6, 6.07) is 13.4. The summed E-state index contributed by atoms with van der Waals surface area (Å²) in [4.78, 5) is 16.9. The Bertz CT molecular complexity index is 813. The zero-order chi connectivity index (χ0) is 15.7. The zero-order valence-electron chi connectivity index (χ0n) is 11.1. The molecule has 4 nitrogen and oxygen atoms in total. The zero-order valence-corrected chi connectivity index (χ0v) is 12.6. The van der Waals surface area contributed by atoms with E-state index in [4.69, 9.17) is 28.0 Å². The maximum atomic E-state index is 12.3. The average molecular weight is 334 g/mol. The molecule has 1 aliphatic heterocycles. The first-order chi connectivity index (χ1) is 10.6. The predicted molar refractivity (Wildman–Crippen MR) is 81.3 cm³/mol. The van der Waals surface area contributed by atoms with Crippen LogP contribution in [0.2, 0.25) is 10.0 Å². The molecule has 0 saturated carbocycles. The van der Waals surface area contributed by atoms with Crippen molar-refractivity contribution in [3.05, 3.63) is 75.6 Å². The lowest BCUT2D eigenvalue weighted by Gasteiger charge is -2.01. The second-order valence-corrected chi connectivity index (χ2v) is 5.39. The van der Waals surface area contributed by atoms with Crippen molar-refractivity contribution in [2.75, 3.05) is 0 Å². The first kappa shape index (κ1) is 14.6. The molecular weight excluding hydrogens is 325 g/mol. The highest BCUT2D eigenvalue weighted by Crippen LogP contribution is 2.25. The molecule has 0 atom stereocenters. The standard InChI is InChI=1S/C16H9Cl2NO3/c17-12-7-6-11(13(18)8-12)9-19-15(20)14(16(21)22-19)10-4-2-1-3-5-10/h1-9H/b19-9+. The van der Waals surface area contributed by atoms with Crippen molar-refractivity contribution >= 4 is 41.0 Å². The third-order valence-electron chi connectivity index (χ3n) is 3.08. The van der Waals surface area contributed by atoms with Crippen molar-refractivity contribution in [1.82, 2.24) is 0 Å². The molecule has 3 rings (SSSR count). The van der Waals surface area contributed by atoms with Crippen molar-refractivity contribution in [3.63, 3.8) is 0 Å². The number of halogens is 2. The molecule has 0 fully saturated rings. The quantitative estimate of drug-likeness (QED) is 0.627. The fourth-order valence-corrected chi connectivity index (χ4v) is 2.49. The number of nitrogens with zero attached hydrogens (tertiary/aromatic N) is 1. The Morgan fingerprint density at radius 1 is 1.09 bits per heavy atom. The van der Waals surface area contributed by atoms with E-state index in [0.717, 1.165) is 4.74 Å². The Hall–Kier alpha value is -2.30. The lowest BCUT2D eigenvalue weighted by molar-refractivity contribution is -0.770. The van der Waals surface area contributed by atoms with Crippen LogP contribution in [0.3, 0.4) is 0 Å². The molecule has 1 heterocycles. The molecule has 0 saturated heterocycles. The summed E-state index contributed by atoms with van der Waals surface area (Å²) in [6.07, 6.45) is 1.36. The van der Waals surface area contributed by atoms with Crippen LogP contribution in [-0.4, -0.2) is 16.9 Å². The molecule has 0 unspecified atom stereocenters. The third-order valence-corrected chi connectivity index (χ3v) is 3.64. The molecule has 0 aromatic heterocycles. The topological polar surface area (TPSA) is 52.4 Å². The van der Waals surface area contributed by atoms with Gasteiger partial charge in [0.25, 0.3) is 0 Å². The van der Waals surface area contributed by atoms with Crippen molar-refractivity contribution in [3.8, 4) is 0 Å². The molecule has 2 aromatic rings. The van der Waals surface area contributed by atoms with Crippen molar-refractivity contribution in [2.24, 2.45) is 0 Å². The van der Waals surface area contributed by atoms with Crippen LogP contribution in [0.4, 0.5) is 0 Å². The number of carbonyl (C=O) groups is 1. The van der Waals surface area contributed by atoms with Crippen LogP contribution in [0.15, 0.2) is 54.4 Å². The molecular formula is C16H9Cl2NO3. The van der Waals surface area contributed by atoms with Gasteiger partial charge in [0, 0.05) is 9.76 Å². The van der Waals surface area contributed by atoms with Crippen molar-refractivity contribution in [1.29, 1.82) is 0 Å². The van der Waals surface area contributed by atoms with Gasteiger partial charge in [-0.1, -0.05) is 53.5 Å². The van der Waals surface area contributed by atoms with Crippen LogP contribution >= 0.6 is 23.2 Å². The Morgan fingerprint density at radius 2 is 1.82 bits per heavy atom. The number of hydrogen-bond donors (Lipinski definition) is 0. The number of hydroxylamine groups is 1. The maximum Gasteiger partial charge on any atom is 0.417 e. The van der Waals surface area contributed by atoms with Crippen LogP contribution in [0.25, 0.3) is 5.57 Å². The van der Waals surface area contributed by atoms with Crippen LogP contribution in [0.5, 0.6) is 0 Å². The maximum absolute atomic E-state index is 12.3. The molecule has 110 valence electrons. The smallest absolute Gasteiger partial charge is 0.417 e. The molecule has 1 aliphatic rings. The summed E-state index contributed by atoms with van der Waals surface area (Å²) >= 11 is 11.9. The first-order valence-corrected chi connectivity index (χ1v) is 7.10. The number of benzene rings is 2. The second kappa shape index (κ2) is 5.83. The SMILES string of the molecule is O=C1O/[N+](=C/c2ccc(Cl)cc2Cl)C([O-])=C1c1ccccc1. The highest BCUT2D eigenvalue weighted by Gasteiger charge is 2.33. The van der Waals surface area contributed by atoms with Crippen LogP contribution < -0.4 is 5.11 Å². The number of carbonyl (C=O) groups excluding carboxylic acids is 1. The molecule has 2 aromatic carbocycles. The molecule has 0 amide bonds. The van der Waals surface area contributed by atoms with E-state index in [0.29, 0.717) is 21.2 Å². The van der Waals surface area contributed by atoms with E-state index in [1.165, 1.54) is 6.21 Å². The highest BCUT2D eigenvalue weighted by atomic mass is 35.5. The van der Waals surface area contributed by atoms with E-state index in [9.17, 15) is 9.90 Å². The molecule has 0 N–H and O–H groups in total. The van der Waals surface area contributed by atoms with Crippen LogP contribution in [0.1, 0.15) is 11.1 Å². The Morgan fingerprint density at radius 3 is 2.50 bits per heavy atom. The van der Waals surface area contributed by atoms with Gasteiger partial charge in [0.15, 0.2) is 0 Å². The van der Waals surface area contributed by atoms with E-state index in [1.807, 2.05) is 0 Å². The molecule has 22 heavy (non-hydrogen) atoms. The molecule has 0 spiro atoms. The van der Waals surface area contributed by atoms with Crippen molar-refractivity contribution < 1.29 is 19.5 Å². The van der Waals surface area contributed by atoms with Gasteiger partial charge in [0.1, 0.15) is 5.57 Å². The van der Waals surface area contributed by atoms with Gasteiger partial charge in [-0.3, -0.25) is 0 Å². The number of hydrogen-bond acceptors (Lipinski definition) is 3. The summed E-state index contributed by atoms with van der Waals surface area (Å²) in [5, 5.41) is 13.2. The van der Waals surface area contributed by atoms with Crippen LogP contribution in [0, 0.1) is 0 Å². The van der Waals surface area contributed by atoms with E-state index in [1.54, 1.807) is 48.5 Å². The molecule has 6 heteroatoms. The Balaban J connectivity index is 2.05. The van der Waals surface area contributed by atoms with Crippen LogP contribution in [-0.2, 0) is 9.63 Å². The Labute approximate surface area is 136 Å². The summed E-state index contributed by atoms with van der Waals surface area (Å²) in [6.45, 7) is 0. The predicted octanol–water partition coefficient (Wildman–Crippen LogP) is 2.63. The third kappa shape index (κ3) is 2.71. The van der Waals surface area contributed by atoms with Gasteiger partial charge in [-0.15, -0.1) is 0 Å². The van der Waals surface area contributed by atoms with Crippen molar-refractivity contribution in [2.45, 2.75) is 0 Å². The largest absolute Gasteiger partial charge is 0.819 e. The van der Waals surface area contributed by atoms with Gasteiger partial charge in [-0.2, -0.15) is 4.84 Å². The normalized spacial score (nSPS) is 16.3. The van der Waals surface area contributed by atoms with Gasteiger partial charge in [-0.05, 0) is 23.8 Å². The highest BCUT2D eigenvalue weighted by molar-refractivity contribution is 6.36. The lowest BCUT2D eigenvalue weighted by Crippen LogP contribution is -2.18. The monoisotopic (exact) mass is 333 g/mol. The van der Waals surface area contributed by atoms with Gasteiger partial charge >= 0.3 is 5.97 Å². The minimum Gasteiger partial charge on any atom is -0.819 e. The van der Waals surface area contributed by atoms with Gasteiger partial charge in [-0.25, -0.2) is 4.79 Å². The summed E-state index contributed by atoms with van der Waals surface area (Å²) < 4.78 is 0.875. The van der Waals surface area contributed by atoms with Gasteiger partial charge < -0.3 is 5.11 Å². The number of rotatable bonds is 2. The fourth-order valence-electron chi connectivity index (χ4n) is 2.04.